The Morgan fingerprint density at radius 3 is 1.12 bits per heavy atom. The molecule has 0 spiro atoms. The van der Waals surface area contributed by atoms with Gasteiger partial charge in [0, 0.05) is 5.56 Å². The molecule has 0 amide bonds. The molecule has 4 rings (SSSR count). The van der Waals surface area contributed by atoms with E-state index < -0.39 is 99.8 Å². The molecule has 0 aromatic heterocycles. The lowest BCUT2D eigenvalue weighted by Gasteiger charge is -2.09. The monoisotopic (exact) mass is 938 g/mol. The van der Waals surface area contributed by atoms with Crippen molar-refractivity contribution in [1.29, 1.82) is 0 Å². The average molecular weight is 939 g/mol. The fraction of sp³-hybridized carbons (Fsp3) is 0.293. The van der Waals surface area contributed by atoms with E-state index in [4.69, 9.17) is 0 Å². The van der Waals surface area contributed by atoms with Crippen LogP contribution in [0.2, 0.25) is 0 Å². The van der Waals surface area contributed by atoms with Gasteiger partial charge in [-0.05, 0) is 49.6 Å². The van der Waals surface area contributed by atoms with Crippen LogP contribution < -0.4 is 0 Å². The number of methoxy groups -OCH3 is 5. The molecule has 0 saturated carbocycles. The first-order valence-corrected chi connectivity index (χ1v) is 16.8. The van der Waals surface area contributed by atoms with Crippen LogP contribution in [0.15, 0.2) is 42.5 Å². The molecular formula is C41H39F13O10. The maximum Gasteiger partial charge on any atom is 0.490 e. The van der Waals surface area contributed by atoms with Crippen LogP contribution in [0.1, 0.15) is 56.0 Å². The van der Waals surface area contributed by atoms with Gasteiger partial charge in [-0.25, -0.2) is 58.3 Å². The zero-order valence-corrected chi connectivity index (χ0v) is 34.0. The second-order valence-corrected chi connectivity index (χ2v) is 11.7. The minimum atomic E-state index is -4.85. The van der Waals surface area contributed by atoms with E-state index in [-0.39, 0.29) is 19.4 Å². The molecule has 4 aromatic carbocycles. The Bertz CT molecular complexity index is 2170. The lowest BCUT2D eigenvalue weighted by atomic mass is 9.97. The quantitative estimate of drug-likeness (QED) is 0.0606. The highest BCUT2D eigenvalue weighted by molar-refractivity contribution is 5.90. The third kappa shape index (κ3) is 17.2. The summed E-state index contributed by atoms with van der Waals surface area (Å²) in [7, 11) is 5.14. The van der Waals surface area contributed by atoms with E-state index in [1.54, 1.807) is 24.3 Å². The van der Waals surface area contributed by atoms with Crippen molar-refractivity contribution in [2.24, 2.45) is 0 Å². The van der Waals surface area contributed by atoms with Gasteiger partial charge in [0.05, 0.1) is 54.0 Å². The van der Waals surface area contributed by atoms with Gasteiger partial charge in [0.2, 0.25) is 11.6 Å². The van der Waals surface area contributed by atoms with E-state index >= 15 is 0 Å². The second-order valence-electron chi connectivity index (χ2n) is 11.7. The Hall–Kier alpha value is -6.68. The summed E-state index contributed by atoms with van der Waals surface area (Å²) in [6, 6.07) is 13.1. The Morgan fingerprint density at radius 2 is 0.812 bits per heavy atom. The average Bonchev–Trinajstić information content (AvgIpc) is 3.26. The lowest BCUT2D eigenvalue weighted by molar-refractivity contribution is -0.196. The van der Waals surface area contributed by atoms with Crippen molar-refractivity contribution in [1.82, 2.24) is 0 Å². The first-order chi connectivity index (χ1) is 29.2. The molecule has 0 aliphatic heterocycles. The molecule has 0 radical (unpaired) electrons. The highest BCUT2D eigenvalue weighted by Crippen LogP contribution is 2.25. The normalized spacial score (nSPS) is 9.95. The van der Waals surface area contributed by atoms with Gasteiger partial charge in [-0.2, -0.15) is 13.2 Å². The van der Waals surface area contributed by atoms with Crippen molar-refractivity contribution >= 4 is 29.8 Å². The zero-order chi connectivity index (χ0) is 49.1. The molecule has 10 nitrogen and oxygen atoms in total. The maximum atomic E-state index is 13.0. The van der Waals surface area contributed by atoms with Gasteiger partial charge in [-0.1, -0.05) is 43.3 Å². The summed E-state index contributed by atoms with van der Waals surface area (Å²) in [5.41, 5.74) is 2.42. The molecular weight excluding hydrogens is 899 g/mol. The largest absolute Gasteiger partial charge is 0.490 e. The highest BCUT2D eigenvalue weighted by Gasteiger charge is 2.40. The Labute approximate surface area is 356 Å². The van der Waals surface area contributed by atoms with Crippen molar-refractivity contribution < 1.29 is 105 Å². The SMILES string of the molecule is C.COC(=O)C(F)(F)F.COC(=O)Cc1c(C)cc(C)cc1C.COC(=O)Cc1c(F)c(F)c(F)c(F)c1F.COC(=O)c1c(F)c(F)c(F)c(F)c1F.COC(=O)c1ccccc1. The summed E-state index contributed by atoms with van der Waals surface area (Å²) in [5.74, 6) is -27.0. The number of aryl methyl sites for hydroxylation is 3. The molecule has 0 unspecified atom stereocenters. The van der Waals surface area contributed by atoms with Crippen LogP contribution in [0.25, 0.3) is 0 Å². The fourth-order valence-corrected chi connectivity index (χ4v) is 4.42. The highest BCUT2D eigenvalue weighted by atomic mass is 19.4. The maximum absolute atomic E-state index is 13.0. The smallest absolute Gasteiger partial charge is 0.469 e. The standard InChI is InChI=1S/C12H16O2.C9H5F5O2.C8H3F5O2.C8H8O2.C3H3F3O2.CH4/c1-8-5-9(2)11(10(3)6-8)7-12(13)14-4;1-16-4(15)2-3-5(10)7(12)9(14)8(13)6(3)11;1-15-8(14)2-3(9)5(11)7(13)6(12)4(2)10;1-10-8(9)7-5-3-2-4-6-7;1-8-2(7)3(4,5)6;/h5-6H,7H2,1-4H3;2H2,1H3;1H3;2-6H,1H3;1H3;1H4. The fourth-order valence-electron chi connectivity index (χ4n) is 4.42. The Morgan fingerprint density at radius 1 is 0.469 bits per heavy atom. The van der Waals surface area contributed by atoms with E-state index in [0.29, 0.717) is 19.1 Å². The van der Waals surface area contributed by atoms with Crippen molar-refractivity contribution in [2.45, 2.75) is 47.2 Å². The number of hydrogen-bond acceptors (Lipinski definition) is 10. The predicted molar refractivity (Wildman–Crippen MR) is 198 cm³/mol. The second kappa shape index (κ2) is 27.4. The number of rotatable bonds is 6. The Kier molecular flexibility index (Phi) is 25.4. The van der Waals surface area contributed by atoms with E-state index in [1.807, 2.05) is 19.9 Å². The minimum Gasteiger partial charge on any atom is -0.469 e. The Balaban J connectivity index is 0. The van der Waals surface area contributed by atoms with Crippen LogP contribution in [0.3, 0.4) is 0 Å². The van der Waals surface area contributed by atoms with E-state index in [0.717, 1.165) is 30.9 Å². The van der Waals surface area contributed by atoms with Crippen molar-refractivity contribution in [3.8, 4) is 0 Å². The van der Waals surface area contributed by atoms with Crippen LogP contribution in [-0.4, -0.2) is 71.6 Å². The number of ether oxygens (including phenoxy) is 5. The van der Waals surface area contributed by atoms with Gasteiger partial charge < -0.3 is 23.7 Å². The molecule has 0 aliphatic rings. The minimum absolute atomic E-state index is 0. The van der Waals surface area contributed by atoms with Crippen molar-refractivity contribution in [3.05, 3.63) is 140 Å². The molecule has 354 valence electrons. The number of alkyl halides is 3. The molecule has 0 N–H and O–H groups in total. The van der Waals surface area contributed by atoms with Gasteiger partial charge in [0.1, 0.15) is 5.56 Å². The third-order valence-corrected chi connectivity index (χ3v) is 7.45. The van der Waals surface area contributed by atoms with Crippen molar-refractivity contribution in [2.75, 3.05) is 35.5 Å². The number of carbonyl (C=O) groups is 5. The van der Waals surface area contributed by atoms with Gasteiger partial charge in [-0.3, -0.25) is 9.59 Å². The lowest BCUT2D eigenvalue weighted by Crippen LogP contribution is -2.23. The van der Waals surface area contributed by atoms with Crippen LogP contribution in [0.4, 0.5) is 57.1 Å². The molecule has 64 heavy (non-hydrogen) atoms. The molecule has 4 aromatic rings. The zero-order valence-electron chi connectivity index (χ0n) is 34.0. The van der Waals surface area contributed by atoms with Gasteiger partial charge in [0.25, 0.3) is 0 Å². The van der Waals surface area contributed by atoms with Crippen LogP contribution >= 0.6 is 0 Å². The summed E-state index contributed by atoms with van der Waals surface area (Å²) in [6.45, 7) is 6.11. The van der Waals surface area contributed by atoms with Crippen LogP contribution in [-0.2, 0) is 50.9 Å². The van der Waals surface area contributed by atoms with Crippen LogP contribution in [0.5, 0.6) is 0 Å². The molecule has 0 atom stereocenters. The molecule has 0 bridgehead atoms. The number of hydrogen-bond donors (Lipinski definition) is 0. The number of esters is 5. The third-order valence-electron chi connectivity index (χ3n) is 7.45. The number of benzene rings is 4. The van der Waals surface area contributed by atoms with E-state index in [9.17, 15) is 81.0 Å². The summed E-state index contributed by atoms with van der Waals surface area (Å²) in [5, 5.41) is 0. The first kappa shape index (κ1) is 59.4. The topological polar surface area (TPSA) is 132 Å². The molecule has 0 saturated heterocycles. The molecule has 0 aliphatic carbocycles. The number of carbonyl (C=O) groups excluding carboxylic acids is 5. The molecule has 0 fully saturated rings. The summed E-state index contributed by atoms with van der Waals surface area (Å²) < 4.78 is 180. The molecule has 23 heteroatoms. The number of halogens is 13. The van der Waals surface area contributed by atoms with E-state index in [2.05, 4.69) is 42.7 Å². The van der Waals surface area contributed by atoms with E-state index in [1.165, 1.54) is 19.8 Å². The summed E-state index contributed by atoms with van der Waals surface area (Å²) in [6.07, 6.45) is -5.51. The van der Waals surface area contributed by atoms with Gasteiger partial charge in [0.15, 0.2) is 46.5 Å². The predicted octanol–water partition coefficient (Wildman–Crippen LogP) is 9.42. The first-order valence-electron chi connectivity index (χ1n) is 16.8. The van der Waals surface area contributed by atoms with Crippen molar-refractivity contribution in [3.63, 3.8) is 0 Å². The van der Waals surface area contributed by atoms with Gasteiger partial charge >= 0.3 is 36.0 Å². The molecule has 0 heterocycles. The summed E-state index contributed by atoms with van der Waals surface area (Å²) >= 11 is 0. The summed E-state index contributed by atoms with van der Waals surface area (Å²) in [4.78, 5) is 52.8. The van der Waals surface area contributed by atoms with Gasteiger partial charge in [-0.15, -0.1) is 0 Å². The van der Waals surface area contributed by atoms with Crippen LogP contribution in [0, 0.1) is 78.9 Å².